The van der Waals surface area contributed by atoms with Crippen molar-refractivity contribution in [1.29, 1.82) is 0 Å². The van der Waals surface area contributed by atoms with E-state index >= 15 is 0 Å². The first-order chi connectivity index (χ1) is 19.5. The van der Waals surface area contributed by atoms with Crippen molar-refractivity contribution in [3.63, 3.8) is 0 Å². The van der Waals surface area contributed by atoms with Crippen molar-refractivity contribution >= 4 is 35.0 Å². The molecular weight excluding hydrogens is 569 g/mol. The van der Waals surface area contributed by atoms with Crippen molar-refractivity contribution in [1.82, 2.24) is 20.0 Å². The first-order valence-electron chi connectivity index (χ1n) is 14.4. The summed E-state index contributed by atoms with van der Waals surface area (Å²) in [7, 11) is 5.31. The molecule has 0 bridgehead atoms. The molecule has 10 heteroatoms. The highest BCUT2D eigenvalue weighted by atomic mass is 35.5. The molecular formula is C31H40Cl2F2N4O2. The summed E-state index contributed by atoms with van der Waals surface area (Å²) >= 11 is 12.6. The Labute approximate surface area is 252 Å². The molecule has 0 aliphatic carbocycles. The number of benzene rings is 2. The van der Waals surface area contributed by atoms with E-state index in [1.807, 2.05) is 26.2 Å². The molecule has 0 saturated carbocycles. The molecule has 6 nitrogen and oxygen atoms in total. The van der Waals surface area contributed by atoms with E-state index in [9.17, 15) is 18.4 Å². The summed E-state index contributed by atoms with van der Waals surface area (Å²) in [6.07, 6.45) is 6.28. The highest BCUT2D eigenvalue weighted by Gasteiger charge is 2.48. The summed E-state index contributed by atoms with van der Waals surface area (Å²) < 4.78 is 27.7. The number of likely N-dealkylation sites (N-methyl/N-ethyl adjacent to an activating group) is 2. The van der Waals surface area contributed by atoms with Crippen molar-refractivity contribution in [3.8, 4) is 0 Å². The Kier molecular flexibility index (Phi) is 10.7. The lowest BCUT2D eigenvalue weighted by Gasteiger charge is -2.51. The minimum Gasteiger partial charge on any atom is -0.347 e. The lowest BCUT2D eigenvalue weighted by atomic mass is 9.80. The predicted molar refractivity (Wildman–Crippen MR) is 160 cm³/mol. The number of halogens is 4. The first kappa shape index (κ1) is 31.7. The fourth-order valence-corrected chi connectivity index (χ4v) is 6.89. The van der Waals surface area contributed by atoms with Crippen molar-refractivity contribution in [2.75, 3.05) is 47.3 Å². The maximum Gasteiger partial charge on any atom is 0.253 e. The van der Waals surface area contributed by atoms with Crippen LogP contribution in [0.1, 0.15) is 66.8 Å². The summed E-state index contributed by atoms with van der Waals surface area (Å²) in [4.78, 5) is 32.5. The topological polar surface area (TPSA) is 55.9 Å². The number of carbonyl (C=O) groups excluding carboxylic acids is 2. The molecule has 2 saturated heterocycles. The van der Waals surface area contributed by atoms with Crippen LogP contribution in [0.5, 0.6) is 0 Å². The van der Waals surface area contributed by atoms with Gasteiger partial charge in [0.15, 0.2) is 0 Å². The van der Waals surface area contributed by atoms with Gasteiger partial charge >= 0.3 is 0 Å². The van der Waals surface area contributed by atoms with Gasteiger partial charge in [0.05, 0.1) is 10.0 Å². The smallest absolute Gasteiger partial charge is 0.253 e. The minimum atomic E-state index is -0.792. The molecule has 2 unspecified atom stereocenters. The SMILES string of the molecule is CN(C)C(=O)C1(N2CCCCC2CCC(CN(C)C(=O)c2cc(F)cc(F)c2)c2ccc(Cl)c(Cl)c2)CCNCC1. The number of piperidine rings is 2. The van der Waals surface area contributed by atoms with Gasteiger partial charge in [0.1, 0.15) is 17.2 Å². The van der Waals surface area contributed by atoms with Crippen LogP contribution in [0, 0.1) is 11.6 Å². The van der Waals surface area contributed by atoms with E-state index < -0.39 is 23.1 Å². The molecule has 0 radical (unpaired) electrons. The van der Waals surface area contributed by atoms with Crippen LogP contribution in [-0.4, -0.2) is 85.4 Å². The van der Waals surface area contributed by atoms with Gasteiger partial charge in [0, 0.05) is 51.3 Å². The second-order valence-electron chi connectivity index (χ2n) is 11.6. The van der Waals surface area contributed by atoms with Crippen LogP contribution in [0.25, 0.3) is 0 Å². The van der Waals surface area contributed by atoms with E-state index in [2.05, 4.69) is 10.2 Å². The summed E-state index contributed by atoms with van der Waals surface area (Å²) in [5, 5.41) is 4.29. The monoisotopic (exact) mass is 608 g/mol. The number of carbonyl (C=O) groups is 2. The molecule has 41 heavy (non-hydrogen) atoms. The molecule has 2 aromatic rings. The van der Waals surface area contributed by atoms with E-state index in [1.54, 1.807) is 18.0 Å². The van der Waals surface area contributed by atoms with Crippen LogP contribution in [0.15, 0.2) is 36.4 Å². The number of rotatable bonds is 9. The fourth-order valence-electron chi connectivity index (χ4n) is 6.58. The predicted octanol–water partition coefficient (Wildman–Crippen LogP) is 5.97. The quantitative estimate of drug-likeness (QED) is 0.381. The van der Waals surface area contributed by atoms with Crippen molar-refractivity contribution in [2.45, 2.75) is 62.4 Å². The van der Waals surface area contributed by atoms with Crippen molar-refractivity contribution < 1.29 is 18.4 Å². The molecule has 1 N–H and O–H groups in total. The number of hydrogen-bond acceptors (Lipinski definition) is 4. The van der Waals surface area contributed by atoms with E-state index in [0.717, 1.165) is 88.3 Å². The zero-order chi connectivity index (χ0) is 29.7. The number of hydrogen-bond donors (Lipinski definition) is 1. The second-order valence-corrected chi connectivity index (χ2v) is 12.4. The molecule has 2 atom stereocenters. The number of likely N-dealkylation sites (tertiary alicyclic amines) is 1. The van der Waals surface area contributed by atoms with Gasteiger partial charge in [0.2, 0.25) is 5.91 Å². The Morgan fingerprint density at radius 1 is 1.02 bits per heavy atom. The Morgan fingerprint density at radius 2 is 1.71 bits per heavy atom. The highest BCUT2D eigenvalue weighted by Crippen LogP contribution is 2.38. The number of nitrogens with zero attached hydrogens (tertiary/aromatic N) is 3. The average Bonchev–Trinajstić information content (AvgIpc) is 2.95. The van der Waals surface area contributed by atoms with Gasteiger partial charge in [-0.05, 0) is 88.0 Å². The van der Waals surface area contributed by atoms with Gasteiger partial charge in [-0.3, -0.25) is 14.5 Å². The van der Waals surface area contributed by atoms with Crippen molar-refractivity contribution in [3.05, 3.63) is 69.2 Å². The maximum absolute atomic E-state index is 13.8. The third-order valence-corrected chi connectivity index (χ3v) is 9.36. The molecule has 0 spiro atoms. The molecule has 4 rings (SSSR count). The lowest BCUT2D eigenvalue weighted by Crippen LogP contribution is -2.66. The van der Waals surface area contributed by atoms with E-state index in [0.29, 0.717) is 16.6 Å². The van der Waals surface area contributed by atoms with Gasteiger partial charge in [-0.25, -0.2) is 8.78 Å². The van der Waals surface area contributed by atoms with Crippen LogP contribution in [0.4, 0.5) is 8.78 Å². The normalized spacial score (nSPS) is 19.9. The molecule has 2 aromatic carbocycles. The Balaban J connectivity index is 1.58. The summed E-state index contributed by atoms with van der Waals surface area (Å²) in [5.74, 6) is -1.98. The van der Waals surface area contributed by atoms with Gasteiger partial charge in [-0.2, -0.15) is 0 Å². The van der Waals surface area contributed by atoms with E-state index in [1.165, 1.54) is 4.90 Å². The zero-order valence-electron chi connectivity index (χ0n) is 24.1. The van der Waals surface area contributed by atoms with Crippen LogP contribution in [0.3, 0.4) is 0 Å². The Morgan fingerprint density at radius 3 is 2.34 bits per heavy atom. The number of nitrogens with one attached hydrogen (secondary N) is 1. The van der Waals surface area contributed by atoms with Crippen LogP contribution >= 0.6 is 23.2 Å². The second kappa shape index (κ2) is 13.8. The third-order valence-electron chi connectivity index (χ3n) is 8.63. The molecule has 2 aliphatic heterocycles. The zero-order valence-corrected chi connectivity index (χ0v) is 25.6. The molecule has 2 aliphatic rings. The minimum absolute atomic E-state index is 0.0357. The molecule has 2 amide bonds. The Bertz CT molecular complexity index is 1220. The van der Waals surface area contributed by atoms with Crippen molar-refractivity contribution in [2.24, 2.45) is 0 Å². The average molecular weight is 610 g/mol. The van der Waals surface area contributed by atoms with Crippen LogP contribution in [-0.2, 0) is 4.79 Å². The highest BCUT2D eigenvalue weighted by molar-refractivity contribution is 6.42. The van der Waals surface area contributed by atoms with Gasteiger partial charge in [-0.1, -0.05) is 35.7 Å². The first-order valence-corrected chi connectivity index (χ1v) is 15.1. The van der Waals surface area contributed by atoms with E-state index in [4.69, 9.17) is 23.2 Å². The van der Waals surface area contributed by atoms with Gasteiger partial charge < -0.3 is 15.1 Å². The molecule has 224 valence electrons. The summed E-state index contributed by atoms with van der Waals surface area (Å²) in [5.41, 5.74) is 0.381. The third kappa shape index (κ3) is 7.39. The maximum atomic E-state index is 13.8. The van der Waals surface area contributed by atoms with Gasteiger partial charge in [-0.15, -0.1) is 0 Å². The van der Waals surface area contributed by atoms with Gasteiger partial charge in [0.25, 0.3) is 5.91 Å². The molecule has 2 fully saturated rings. The Hall–Kier alpha value is -2.26. The van der Waals surface area contributed by atoms with E-state index in [-0.39, 0.29) is 23.4 Å². The molecule has 2 heterocycles. The lowest BCUT2D eigenvalue weighted by molar-refractivity contribution is -0.148. The van der Waals surface area contributed by atoms with Crippen LogP contribution < -0.4 is 5.32 Å². The standard InChI is InChI=1S/C31H40Cl2F2N4O2/c1-37(2)30(41)31(11-13-36-14-12-31)39-15-5-4-6-26(39)9-7-22(21-8-10-27(32)28(33)18-21)20-38(3)29(40)23-16-24(34)19-25(35)17-23/h8,10,16-19,22,26,36H,4-7,9,11-15,20H2,1-3H3. The molecule has 0 aromatic heterocycles. The van der Waals surface area contributed by atoms with Crippen LogP contribution in [0.2, 0.25) is 10.0 Å². The summed E-state index contributed by atoms with van der Waals surface area (Å²) in [6, 6.07) is 8.57. The number of amides is 2. The summed E-state index contributed by atoms with van der Waals surface area (Å²) in [6.45, 7) is 2.82. The fraction of sp³-hybridized carbons (Fsp3) is 0.548. The largest absolute Gasteiger partial charge is 0.347 e.